The van der Waals surface area contributed by atoms with Crippen molar-refractivity contribution in [2.45, 2.75) is 24.3 Å². The first-order chi connectivity index (χ1) is 14.0. The number of hydrogen-bond donors (Lipinski definition) is 1. The van der Waals surface area contributed by atoms with Gasteiger partial charge in [-0.3, -0.25) is 0 Å². The van der Waals surface area contributed by atoms with Crippen molar-refractivity contribution in [2.24, 2.45) is 0 Å². The van der Waals surface area contributed by atoms with Crippen LogP contribution in [0.5, 0.6) is 5.75 Å². The summed E-state index contributed by atoms with van der Waals surface area (Å²) in [6.45, 7) is 4.54. The molecule has 0 bridgehead atoms. The van der Waals surface area contributed by atoms with Crippen molar-refractivity contribution in [3.05, 3.63) is 52.5 Å². The number of piperazine rings is 1. The van der Waals surface area contributed by atoms with Gasteiger partial charge in [0.2, 0.25) is 10.0 Å². The lowest BCUT2D eigenvalue weighted by atomic mass is 10.1. The van der Waals surface area contributed by atoms with Crippen molar-refractivity contribution in [1.29, 1.82) is 0 Å². The summed E-state index contributed by atoms with van der Waals surface area (Å²) in [5, 5.41) is 10.1. The Kier molecular flexibility index (Phi) is 6.52. The second kappa shape index (κ2) is 8.63. The first-order valence-corrected chi connectivity index (χ1v) is 11.4. The Bertz CT molecular complexity index is 1030. The van der Waals surface area contributed by atoms with Crippen LogP contribution in [-0.4, -0.2) is 55.6 Å². The average Bonchev–Trinajstić information content (AvgIpc) is 2.70. The summed E-state index contributed by atoms with van der Waals surface area (Å²) in [6.07, 6.45) is 0. The first kappa shape index (κ1) is 22.7. The van der Waals surface area contributed by atoms with Gasteiger partial charge in [-0.1, -0.05) is 23.2 Å². The van der Waals surface area contributed by atoms with Gasteiger partial charge in [-0.25, -0.2) is 13.2 Å². The zero-order valence-corrected chi connectivity index (χ0v) is 18.8. The van der Waals surface area contributed by atoms with Crippen LogP contribution in [0.25, 0.3) is 0 Å². The maximum atomic E-state index is 13.0. The highest BCUT2D eigenvalue weighted by atomic mass is 35.5. The van der Waals surface area contributed by atoms with Gasteiger partial charge >= 0.3 is 5.97 Å². The molecule has 10 heteroatoms. The van der Waals surface area contributed by atoms with Crippen molar-refractivity contribution in [3.8, 4) is 5.75 Å². The fourth-order valence-corrected chi connectivity index (χ4v) is 4.75. The van der Waals surface area contributed by atoms with Crippen LogP contribution in [0.15, 0.2) is 47.4 Å². The number of nitrogens with zero attached hydrogens (tertiary/aromatic N) is 2. The molecular formula is C20H22Cl2N2O5S. The molecule has 162 valence electrons. The van der Waals surface area contributed by atoms with Crippen LogP contribution in [-0.2, 0) is 14.8 Å². The number of carbonyl (C=O) groups is 1. The maximum Gasteiger partial charge on any atom is 0.347 e. The number of carboxylic acids is 1. The van der Waals surface area contributed by atoms with Crippen LogP contribution >= 0.6 is 23.2 Å². The molecule has 2 aromatic rings. The number of ether oxygens (including phenoxy) is 1. The number of sulfonamides is 1. The first-order valence-electron chi connectivity index (χ1n) is 9.23. The molecule has 1 saturated heterocycles. The predicted octanol–water partition coefficient (Wildman–Crippen LogP) is 3.75. The minimum absolute atomic E-state index is 0.131. The summed E-state index contributed by atoms with van der Waals surface area (Å²) in [6, 6.07) is 11.1. The molecule has 0 aliphatic carbocycles. The van der Waals surface area contributed by atoms with Gasteiger partial charge in [0.15, 0.2) is 5.60 Å². The van der Waals surface area contributed by atoms with Gasteiger partial charge in [0.05, 0.1) is 14.9 Å². The van der Waals surface area contributed by atoms with Crippen LogP contribution < -0.4 is 9.64 Å². The minimum Gasteiger partial charge on any atom is -0.478 e. The van der Waals surface area contributed by atoms with Crippen molar-refractivity contribution >= 4 is 44.9 Å². The Morgan fingerprint density at radius 3 is 2.13 bits per heavy atom. The molecule has 1 heterocycles. The molecule has 1 aliphatic heterocycles. The molecule has 0 unspecified atom stereocenters. The van der Waals surface area contributed by atoms with Gasteiger partial charge in [-0.05, 0) is 56.3 Å². The van der Waals surface area contributed by atoms with E-state index in [4.69, 9.17) is 33.0 Å². The summed E-state index contributed by atoms with van der Waals surface area (Å²) in [5.41, 5.74) is -0.523. The number of halogens is 2. The lowest BCUT2D eigenvalue weighted by Crippen LogP contribution is -2.48. The fraction of sp³-hybridized carbons (Fsp3) is 0.350. The molecule has 30 heavy (non-hydrogen) atoms. The van der Waals surface area contributed by atoms with Crippen molar-refractivity contribution < 1.29 is 23.1 Å². The standard InChI is InChI=1S/C20H22Cl2N2O5S/c1-20(2,19(25)26)29-15-4-6-16(7-5-15)30(27,28)24-11-9-23(10-12-24)14-3-8-17(21)18(22)13-14/h3-8,13H,9-12H2,1-2H3,(H,25,26). The summed E-state index contributed by atoms with van der Waals surface area (Å²) < 4.78 is 32.8. The molecule has 1 fully saturated rings. The molecule has 0 atom stereocenters. The van der Waals surface area contributed by atoms with E-state index in [1.54, 1.807) is 12.1 Å². The highest BCUT2D eigenvalue weighted by molar-refractivity contribution is 7.89. The normalized spacial score (nSPS) is 15.8. The molecule has 0 aromatic heterocycles. The number of hydrogen-bond acceptors (Lipinski definition) is 5. The van der Waals surface area contributed by atoms with E-state index < -0.39 is 21.6 Å². The molecule has 7 nitrogen and oxygen atoms in total. The van der Waals surface area contributed by atoms with E-state index in [0.717, 1.165) is 5.69 Å². The lowest BCUT2D eigenvalue weighted by molar-refractivity contribution is -0.152. The predicted molar refractivity (Wildman–Crippen MR) is 116 cm³/mol. The van der Waals surface area contributed by atoms with Crippen LogP contribution in [0.3, 0.4) is 0 Å². The van der Waals surface area contributed by atoms with Gasteiger partial charge in [-0.2, -0.15) is 4.31 Å². The SMILES string of the molecule is CC(C)(Oc1ccc(S(=O)(=O)N2CCN(c3ccc(Cl)c(Cl)c3)CC2)cc1)C(=O)O. The third-order valence-corrected chi connectivity index (χ3v) is 7.51. The van der Waals surface area contributed by atoms with E-state index in [-0.39, 0.29) is 10.6 Å². The van der Waals surface area contributed by atoms with E-state index in [1.807, 2.05) is 6.07 Å². The van der Waals surface area contributed by atoms with E-state index in [9.17, 15) is 13.2 Å². The van der Waals surface area contributed by atoms with Gasteiger partial charge in [0.25, 0.3) is 0 Å². The van der Waals surface area contributed by atoms with Gasteiger partial charge in [0.1, 0.15) is 5.75 Å². The van der Waals surface area contributed by atoms with Gasteiger partial charge in [0, 0.05) is 31.9 Å². The third kappa shape index (κ3) is 4.83. The second-order valence-corrected chi connectivity index (χ2v) is 10.1. The Balaban J connectivity index is 1.68. The molecule has 1 aliphatic rings. The summed E-state index contributed by atoms with van der Waals surface area (Å²) in [5.74, 6) is -0.829. The van der Waals surface area contributed by atoms with Crippen molar-refractivity contribution in [3.63, 3.8) is 0 Å². The highest BCUT2D eigenvalue weighted by Crippen LogP contribution is 2.29. The number of aliphatic carboxylic acids is 1. The average molecular weight is 473 g/mol. The smallest absolute Gasteiger partial charge is 0.347 e. The summed E-state index contributed by atoms with van der Waals surface area (Å²) >= 11 is 12.0. The topological polar surface area (TPSA) is 87.2 Å². The number of carboxylic acid groups (broad SMARTS) is 1. The second-order valence-electron chi connectivity index (χ2n) is 7.38. The van der Waals surface area contributed by atoms with E-state index in [1.165, 1.54) is 42.4 Å². The maximum absolute atomic E-state index is 13.0. The van der Waals surface area contributed by atoms with Gasteiger partial charge < -0.3 is 14.7 Å². The van der Waals surface area contributed by atoms with Gasteiger partial charge in [-0.15, -0.1) is 0 Å². The Labute approximate surface area is 185 Å². The molecule has 0 amide bonds. The number of rotatable bonds is 6. The van der Waals surface area contributed by atoms with Crippen molar-refractivity contribution in [2.75, 3.05) is 31.1 Å². The van der Waals surface area contributed by atoms with Crippen molar-refractivity contribution in [1.82, 2.24) is 4.31 Å². The molecular weight excluding hydrogens is 451 g/mol. The summed E-state index contributed by atoms with van der Waals surface area (Å²) in [4.78, 5) is 13.4. The molecule has 0 spiro atoms. The van der Waals surface area contributed by atoms with E-state index >= 15 is 0 Å². The molecule has 3 rings (SSSR count). The largest absolute Gasteiger partial charge is 0.478 e. The molecule has 2 aromatic carbocycles. The molecule has 0 saturated carbocycles. The monoisotopic (exact) mass is 472 g/mol. The minimum atomic E-state index is -3.67. The lowest BCUT2D eigenvalue weighted by Gasteiger charge is -2.35. The number of anilines is 1. The Hall–Kier alpha value is -2.00. The summed E-state index contributed by atoms with van der Waals surface area (Å²) in [7, 11) is -3.67. The Morgan fingerprint density at radius 2 is 1.60 bits per heavy atom. The molecule has 1 N–H and O–H groups in total. The molecule has 0 radical (unpaired) electrons. The Morgan fingerprint density at radius 1 is 1.00 bits per heavy atom. The van der Waals surface area contributed by atoms with Crippen LogP contribution in [0, 0.1) is 0 Å². The van der Waals surface area contributed by atoms with E-state index in [2.05, 4.69) is 4.90 Å². The zero-order chi connectivity index (χ0) is 22.1. The fourth-order valence-electron chi connectivity index (χ4n) is 3.04. The van der Waals surface area contributed by atoms with Crippen LogP contribution in [0.1, 0.15) is 13.8 Å². The third-order valence-electron chi connectivity index (χ3n) is 4.86. The van der Waals surface area contributed by atoms with Crippen LogP contribution in [0.2, 0.25) is 10.0 Å². The number of benzene rings is 2. The highest BCUT2D eigenvalue weighted by Gasteiger charge is 2.31. The van der Waals surface area contributed by atoms with E-state index in [0.29, 0.717) is 36.2 Å². The van der Waals surface area contributed by atoms with Crippen LogP contribution in [0.4, 0.5) is 5.69 Å². The zero-order valence-electron chi connectivity index (χ0n) is 16.5. The quantitative estimate of drug-likeness (QED) is 0.688.